The summed E-state index contributed by atoms with van der Waals surface area (Å²) in [5.74, 6) is 0. The summed E-state index contributed by atoms with van der Waals surface area (Å²) in [5.41, 5.74) is 3.95. The molecule has 0 spiro atoms. The van der Waals surface area contributed by atoms with Crippen LogP contribution in [-0.2, 0) is 26.6 Å². The number of benzene rings is 1. The molecule has 0 aliphatic carbocycles. The monoisotopic (exact) mass is 268 g/mol. The number of para-hydroxylation sites is 1. The van der Waals surface area contributed by atoms with Crippen molar-refractivity contribution >= 4 is 10.9 Å². The molecule has 2 aromatic heterocycles. The van der Waals surface area contributed by atoms with Gasteiger partial charge >= 0.3 is 0 Å². The highest BCUT2D eigenvalue weighted by Crippen LogP contribution is 2.20. The summed E-state index contributed by atoms with van der Waals surface area (Å²) in [7, 11) is 3.98. The van der Waals surface area contributed by atoms with E-state index >= 15 is 0 Å². The fourth-order valence-electron chi connectivity index (χ4n) is 2.74. The number of aromatic nitrogens is 3. The first-order chi connectivity index (χ1) is 9.79. The summed E-state index contributed by atoms with van der Waals surface area (Å²) in [6.45, 7) is 1.87. The number of nitrogens with one attached hydrogen (secondary N) is 1. The van der Waals surface area contributed by atoms with Gasteiger partial charge in [0.05, 0.1) is 5.52 Å². The van der Waals surface area contributed by atoms with E-state index in [1.165, 1.54) is 22.2 Å². The maximum Gasteiger partial charge on any atom is 0.0525 e. The quantitative estimate of drug-likeness (QED) is 0.771. The molecule has 0 atom stereocenters. The summed E-state index contributed by atoms with van der Waals surface area (Å²) in [6, 6.07) is 10.8. The topological polar surface area (TPSA) is 34.8 Å². The van der Waals surface area contributed by atoms with Crippen LogP contribution in [0.2, 0.25) is 0 Å². The number of fused-ring (bicyclic) bond motifs is 1. The van der Waals surface area contributed by atoms with Crippen LogP contribution in [0.25, 0.3) is 10.9 Å². The standard InChI is InChI=1S/C16H20N4/c1-17-12-14-5-3-4-13-7-10-20(16(13)14)11-8-15-6-9-18-19(15)2/h3-7,9-10,17H,8,11-12H2,1-2H3. The van der Waals surface area contributed by atoms with E-state index in [1.54, 1.807) is 0 Å². The normalized spacial score (nSPS) is 11.3. The molecule has 2 heterocycles. The van der Waals surface area contributed by atoms with Crippen molar-refractivity contribution in [3.63, 3.8) is 0 Å². The minimum atomic E-state index is 0.896. The van der Waals surface area contributed by atoms with Crippen molar-refractivity contribution in [3.05, 3.63) is 54.0 Å². The third kappa shape index (κ3) is 2.34. The van der Waals surface area contributed by atoms with Crippen LogP contribution in [0.5, 0.6) is 0 Å². The molecule has 4 heteroatoms. The predicted molar refractivity (Wildman–Crippen MR) is 81.6 cm³/mol. The smallest absolute Gasteiger partial charge is 0.0525 e. The lowest BCUT2D eigenvalue weighted by molar-refractivity contribution is 0.647. The Bertz CT molecular complexity index is 708. The van der Waals surface area contributed by atoms with Gasteiger partial charge in [0.25, 0.3) is 0 Å². The Morgan fingerprint density at radius 1 is 1.20 bits per heavy atom. The van der Waals surface area contributed by atoms with Crippen LogP contribution >= 0.6 is 0 Å². The highest BCUT2D eigenvalue weighted by atomic mass is 15.3. The van der Waals surface area contributed by atoms with E-state index in [9.17, 15) is 0 Å². The first kappa shape index (κ1) is 12.9. The van der Waals surface area contributed by atoms with Crippen molar-refractivity contribution in [2.75, 3.05) is 7.05 Å². The van der Waals surface area contributed by atoms with Gasteiger partial charge in [-0.05, 0) is 30.1 Å². The molecule has 0 amide bonds. The second-order valence-electron chi connectivity index (χ2n) is 5.09. The summed E-state index contributed by atoms with van der Waals surface area (Å²) in [5, 5.41) is 8.78. The van der Waals surface area contributed by atoms with E-state index < -0.39 is 0 Å². The molecule has 3 rings (SSSR count). The average Bonchev–Trinajstić information content (AvgIpc) is 3.04. The number of hydrogen-bond acceptors (Lipinski definition) is 2. The molecule has 20 heavy (non-hydrogen) atoms. The fourth-order valence-corrected chi connectivity index (χ4v) is 2.74. The van der Waals surface area contributed by atoms with E-state index in [0.717, 1.165) is 19.5 Å². The average molecular weight is 268 g/mol. The summed E-state index contributed by atoms with van der Waals surface area (Å²) < 4.78 is 4.29. The van der Waals surface area contributed by atoms with Gasteiger partial charge in [-0.3, -0.25) is 4.68 Å². The number of rotatable bonds is 5. The van der Waals surface area contributed by atoms with Crippen LogP contribution in [0.3, 0.4) is 0 Å². The number of aryl methyl sites for hydroxylation is 3. The van der Waals surface area contributed by atoms with Crippen molar-refractivity contribution in [2.24, 2.45) is 7.05 Å². The van der Waals surface area contributed by atoms with Crippen LogP contribution in [0, 0.1) is 0 Å². The Balaban J connectivity index is 1.89. The minimum Gasteiger partial charge on any atom is -0.347 e. The third-order valence-corrected chi connectivity index (χ3v) is 3.77. The van der Waals surface area contributed by atoms with Gasteiger partial charge in [0.1, 0.15) is 0 Å². The van der Waals surface area contributed by atoms with Crippen LogP contribution in [0.4, 0.5) is 0 Å². The van der Waals surface area contributed by atoms with Crippen molar-refractivity contribution in [1.82, 2.24) is 19.7 Å². The van der Waals surface area contributed by atoms with Gasteiger partial charge in [-0.1, -0.05) is 18.2 Å². The maximum atomic E-state index is 4.22. The van der Waals surface area contributed by atoms with Crippen molar-refractivity contribution in [1.29, 1.82) is 0 Å². The molecule has 0 fully saturated rings. The molecule has 3 aromatic rings. The van der Waals surface area contributed by atoms with Gasteiger partial charge in [-0.15, -0.1) is 0 Å². The first-order valence-corrected chi connectivity index (χ1v) is 6.98. The molecule has 1 N–H and O–H groups in total. The van der Waals surface area contributed by atoms with E-state index in [1.807, 2.05) is 25.0 Å². The van der Waals surface area contributed by atoms with Crippen molar-refractivity contribution < 1.29 is 0 Å². The largest absolute Gasteiger partial charge is 0.347 e. The molecule has 0 bridgehead atoms. The molecule has 0 saturated carbocycles. The summed E-state index contributed by atoms with van der Waals surface area (Å²) in [4.78, 5) is 0. The zero-order valence-corrected chi connectivity index (χ0v) is 12.0. The highest BCUT2D eigenvalue weighted by molar-refractivity contribution is 5.83. The Hall–Kier alpha value is -2.07. The SMILES string of the molecule is CNCc1cccc2ccn(CCc3ccnn3C)c12. The van der Waals surface area contributed by atoms with E-state index in [2.05, 4.69) is 51.5 Å². The van der Waals surface area contributed by atoms with Crippen LogP contribution < -0.4 is 5.32 Å². The van der Waals surface area contributed by atoms with Crippen LogP contribution in [0.15, 0.2) is 42.7 Å². The lowest BCUT2D eigenvalue weighted by Crippen LogP contribution is -2.09. The third-order valence-electron chi connectivity index (χ3n) is 3.77. The Labute approximate surface area is 119 Å². The second kappa shape index (κ2) is 5.51. The molecule has 1 aromatic carbocycles. The van der Waals surface area contributed by atoms with Gasteiger partial charge in [-0.25, -0.2) is 0 Å². The van der Waals surface area contributed by atoms with Gasteiger partial charge in [-0.2, -0.15) is 5.10 Å². The molecule has 0 aliphatic rings. The lowest BCUT2D eigenvalue weighted by atomic mass is 10.1. The Morgan fingerprint density at radius 3 is 2.85 bits per heavy atom. The highest BCUT2D eigenvalue weighted by Gasteiger charge is 2.07. The molecule has 0 saturated heterocycles. The zero-order chi connectivity index (χ0) is 13.9. The molecule has 104 valence electrons. The molecule has 0 radical (unpaired) electrons. The van der Waals surface area contributed by atoms with E-state index in [0.29, 0.717) is 0 Å². The molecule has 4 nitrogen and oxygen atoms in total. The van der Waals surface area contributed by atoms with Gasteiger partial charge in [0.2, 0.25) is 0 Å². The molecule has 0 aliphatic heterocycles. The maximum absolute atomic E-state index is 4.22. The van der Waals surface area contributed by atoms with E-state index in [-0.39, 0.29) is 0 Å². The van der Waals surface area contributed by atoms with Crippen LogP contribution in [-0.4, -0.2) is 21.4 Å². The minimum absolute atomic E-state index is 0.896. The molecular weight excluding hydrogens is 248 g/mol. The van der Waals surface area contributed by atoms with Crippen molar-refractivity contribution in [3.8, 4) is 0 Å². The van der Waals surface area contributed by atoms with Crippen molar-refractivity contribution in [2.45, 2.75) is 19.5 Å². The molecule has 0 unspecified atom stereocenters. The molecular formula is C16H20N4. The van der Waals surface area contributed by atoms with Crippen LogP contribution in [0.1, 0.15) is 11.3 Å². The van der Waals surface area contributed by atoms with Gasteiger partial charge in [0.15, 0.2) is 0 Å². The summed E-state index contributed by atoms with van der Waals surface area (Å²) >= 11 is 0. The number of hydrogen-bond donors (Lipinski definition) is 1. The lowest BCUT2D eigenvalue weighted by Gasteiger charge is -2.10. The fraction of sp³-hybridized carbons (Fsp3) is 0.312. The predicted octanol–water partition coefficient (Wildman–Crippen LogP) is 2.34. The zero-order valence-electron chi connectivity index (χ0n) is 12.0. The summed E-state index contributed by atoms with van der Waals surface area (Å²) in [6.07, 6.45) is 5.03. The van der Waals surface area contributed by atoms with E-state index in [4.69, 9.17) is 0 Å². The second-order valence-corrected chi connectivity index (χ2v) is 5.09. The number of nitrogens with zero attached hydrogens (tertiary/aromatic N) is 3. The Morgan fingerprint density at radius 2 is 2.10 bits per heavy atom. The Kier molecular flexibility index (Phi) is 3.56. The first-order valence-electron chi connectivity index (χ1n) is 6.98. The van der Waals surface area contributed by atoms with Gasteiger partial charge < -0.3 is 9.88 Å². The van der Waals surface area contributed by atoms with Gasteiger partial charge in [0, 0.05) is 44.6 Å².